The summed E-state index contributed by atoms with van der Waals surface area (Å²) >= 11 is 0. The number of hydrogen-bond acceptors (Lipinski definition) is 6. The lowest BCUT2D eigenvalue weighted by Gasteiger charge is -2.03. The van der Waals surface area contributed by atoms with Crippen LogP contribution in [-0.2, 0) is 24.4 Å². The summed E-state index contributed by atoms with van der Waals surface area (Å²) in [5.74, 6) is 1.54. The molecule has 0 radical (unpaired) electrons. The van der Waals surface area contributed by atoms with E-state index in [1.54, 1.807) is 0 Å². The summed E-state index contributed by atoms with van der Waals surface area (Å²) in [6.45, 7) is 9.37. The highest BCUT2D eigenvalue weighted by atomic mass is 32.2. The van der Waals surface area contributed by atoms with Crippen LogP contribution in [0.4, 0.5) is 0 Å². The Morgan fingerprint density at radius 2 is 1.00 bits per heavy atom. The highest BCUT2D eigenvalue weighted by molar-refractivity contribution is 7.86. The molecule has 0 bridgehead atoms. The van der Waals surface area contributed by atoms with E-state index in [9.17, 15) is 16.8 Å². The van der Waals surface area contributed by atoms with E-state index in [0.717, 1.165) is 24.9 Å². The number of hydrogen-bond donors (Lipinski definition) is 1. The Bertz CT molecular complexity index is 720. The molecule has 0 saturated carbocycles. The van der Waals surface area contributed by atoms with Crippen LogP contribution in [0.2, 0.25) is 0 Å². The van der Waals surface area contributed by atoms with Gasteiger partial charge in [-0.25, -0.2) is 0 Å². The molecule has 2 aromatic carbocycles. The molecule has 168 valence electrons. The summed E-state index contributed by atoms with van der Waals surface area (Å²) in [5.41, 5.74) is 0. The molecular formula is C20H34O7S2. The number of ether oxygens (including phenoxy) is 1. The molecule has 0 fully saturated rings. The third-order valence-electron chi connectivity index (χ3n) is 2.39. The lowest BCUT2D eigenvalue weighted by Crippen LogP contribution is -1.97. The van der Waals surface area contributed by atoms with Crippen molar-refractivity contribution in [2.75, 3.05) is 19.1 Å². The smallest absolute Gasteiger partial charge is 0.264 e. The molecule has 29 heavy (non-hydrogen) atoms. The second-order valence-electron chi connectivity index (χ2n) is 4.47. The zero-order chi connectivity index (χ0) is 23.3. The van der Waals surface area contributed by atoms with E-state index in [4.69, 9.17) is 9.29 Å². The molecule has 9 heteroatoms. The first-order chi connectivity index (χ1) is 13.6. The van der Waals surface area contributed by atoms with Crippen LogP contribution < -0.4 is 4.74 Å². The van der Waals surface area contributed by atoms with Crippen LogP contribution in [0.15, 0.2) is 60.7 Å². The van der Waals surface area contributed by atoms with Gasteiger partial charge in [0.2, 0.25) is 0 Å². The normalized spacial score (nSPS) is 9.52. The first kappa shape index (κ1) is 31.7. The zero-order valence-electron chi connectivity index (χ0n) is 18.2. The van der Waals surface area contributed by atoms with Gasteiger partial charge in [0.25, 0.3) is 20.2 Å². The lowest BCUT2D eigenvalue weighted by molar-refractivity contribution is 0.403. The predicted molar refractivity (Wildman–Crippen MR) is 120 cm³/mol. The van der Waals surface area contributed by atoms with E-state index >= 15 is 0 Å². The zero-order valence-corrected chi connectivity index (χ0v) is 19.8. The van der Waals surface area contributed by atoms with Crippen LogP contribution in [0, 0.1) is 0 Å². The molecule has 7 nitrogen and oxygen atoms in total. The minimum atomic E-state index is -3.66. The standard InChI is InChI=1S/C12H10O.2C2H6O3S.2C2H6/c1-3-7-11(8-4-1)13-12-9-5-2-6-10-12;1-5-6(2,3)4;1-2-6(3,4)5;2*1-2/h1-10H;1-2H3;2H2,1H3,(H,3,4,5);2*1-2H3. The molecule has 2 aromatic rings. The van der Waals surface area contributed by atoms with E-state index < -0.39 is 20.2 Å². The molecule has 0 spiro atoms. The average Bonchev–Trinajstić information content (AvgIpc) is 2.72. The minimum absolute atomic E-state index is 0.201. The molecule has 1 N–H and O–H groups in total. The topological polar surface area (TPSA) is 107 Å². The van der Waals surface area contributed by atoms with Gasteiger partial charge >= 0.3 is 0 Å². The molecule has 0 amide bonds. The Labute approximate surface area is 176 Å². The second kappa shape index (κ2) is 19.4. The third-order valence-corrected chi connectivity index (χ3v) is 3.72. The highest BCUT2D eigenvalue weighted by Gasteiger charge is 1.94. The third kappa shape index (κ3) is 26.1. The van der Waals surface area contributed by atoms with Crippen molar-refractivity contribution in [3.63, 3.8) is 0 Å². The van der Waals surface area contributed by atoms with Gasteiger partial charge in [0.1, 0.15) is 11.5 Å². The van der Waals surface area contributed by atoms with Crippen molar-refractivity contribution in [2.24, 2.45) is 0 Å². The number of para-hydroxylation sites is 2. The summed E-state index contributed by atoms with van der Waals surface area (Å²) in [5, 5.41) is 0. The average molecular weight is 451 g/mol. The van der Waals surface area contributed by atoms with Crippen molar-refractivity contribution in [3.8, 4) is 11.5 Å². The molecule has 0 atom stereocenters. The first-order valence-electron chi connectivity index (χ1n) is 9.06. The quantitative estimate of drug-likeness (QED) is 0.515. The van der Waals surface area contributed by atoms with Crippen LogP contribution in [0.25, 0.3) is 0 Å². The van der Waals surface area contributed by atoms with Crippen molar-refractivity contribution in [2.45, 2.75) is 34.6 Å². The van der Waals surface area contributed by atoms with Gasteiger partial charge < -0.3 is 4.74 Å². The maximum Gasteiger partial charge on any atom is 0.264 e. The van der Waals surface area contributed by atoms with E-state index in [-0.39, 0.29) is 5.75 Å². The first-order valence-corrected chi connectivity index (χ1v) is 12.5. The molecule has 0 unspecified atom stereocenters. The molecule has 0 aliphatic carbocycles. The molecule has 0 heterocycles. The summed E-state index contributed by atoms with van der Waals surface area (Å²) in [6, 6.07) is 19.5. The number of rotatable bonds is 4. The largest absolute Gasteiger partial charge is 0.457 e. The van der Waals surface area contributed by atoms with Gasteiger partial charge in [-0.05, 0) is 31.2 Å². The minimum Gasteiger partial charge on any atom is -0.457 e. The summed E-state index contributed by atoms with van der Waals surface area (Å²) in [4.78, 5) is 0. The van der Waals surface area contributed by atoms with Gasteiger partial charge in [0, 0.05) is 0 Å². The van der Waals surface area contributed by atoms with Crippen molar-refractivity contribution in [1.82, 2.24) is 0 Å². The van der Waals surface area contributed by atoms with Gasteiger partial charge in [-0.2, -0.15) is 16.8 Å². The fraction of sp³-hybridized carbons (Fsp3) is 0.400. The molecule has 0 aliphatic heterocycles. The number of benzene rings is 2. The maximum absolute atomic E-state index is 9.78. The molecule has 0 aliphatic rings. The monoisotopic (exact) mass is 450 g/mol. The summed E-state index contributed by atoms with van der Waals surface area (Å²) < 4.78 is 56.0. The Kier molecular flexibility index (Phi) is 21.2. The Hall–Kier alpha value is -1.94. The summed E-state index contributed by atoms with van der Waals surface area (Å²) in [6.07, 6.45) is 0.993. The Morgan fingerprint density at radius 1 is 0.759 bits per heavy atom. The van der Waals surface area contributed by atoms with Crippen molar-refractivity contribution < 1.29 is 30.3 Å². The summed E-state index contributed by atoms with van der Waals surface area (Å²) in [7, 11) is -5.70. The van der Waals surface area contributed by atoms with Crippen molar-refractivity contribution in [3.05, 3.63) is 60.7 Å². The molecule has 2 rings (SSSR count). The molecule has 0 aromatic heterocycles. The lowest BCUT2D eigenvalue weighted by atomic mass is 10.3. The van der Waals surface area contributed by atoms with Gasteiger partial charge in [-0.15, -0.1) is 0 Å². The maximum atomic E-state index is 9.78. The fourth-order valence-corrected chi connectivity index (χ4v) is 1.11. The predicted octanol–water partition coefficient (Wildman–Crippen LogP) is 5.02. The van der Waals surface area contributed by atoms with E-state index in [1.165, 1.54) is 6.92 Å². The second-order valence-corrected chi connectivity index (χ2v) is 7.95. The van der Waals surface area contributed by atoms with Crippen molar-refractivity contribution in [1.29, 1.82) is 0 Å². The van der Waals surface area contributed by atoms with Crippen LogP contribution >= 0.6 is 0 Å². The molecule has 0 saturated heterocycles. The Morgan fingerprint density at radius 3 is 1.17 bits per heavy atom. The van der Waals surface area contributed by atoms with Gasteiger partial charge in [0.15, 0.2) is 0 Å². The van der Waals surface area contributed by atoms with Crippen LogP contribution in [0.3, 0.4) is 0 Å². The van der Waals surface area contributed by atoms with Crippen molar-refractivity contribution >= 4 is 20.2 Å². The van der Waals surface area contributed by atoms with E-state index in [0.29, 0.717) is 0 Å². The van der Waals surface area contributed by atoms with Crippen LogP contribution in [0.5, 0.6) is 11.5 Å². The van der Waals surface area contributed by atoms with E-state index in [1.807, 2.05) is 88.4 Å². The molecular weight excluding hydrogens is 416 g/mol. The fourth-order valence-electron chi connectivity index (χ4n) is 1.11. The SMILES string of the molecule is CC.CC.CCS(=O)(=O)O.COS(C)(=O)=O.c1ccc(Oc2ccccc2)cc1. The van der Waals surface area contributed by atoms with Crippen LogP contribution in [0.1, 0.15) is 34.6 Å². The van der Waals surface area contributed by atoms with Gasteiger partial charge in [-0.3, -0.25) is 8.74 Å². The van der Waals surface area contributed by atoms with Crippen LogP contribution in [-0.4, -0.2) is 40.5 Å². The van der Waals surface area contributed by atoms with Gasteiger partial charge in [0.05, 0.1) is 19.1 Å². The highest BCUT2D eigenvalue weighted by Crippen LogP contribution is 2.19. The van der Waals surface area contributed by atoms with Gasteiger partial charge in [-0.1, -0.05) is 64.1 Å². The van der Waals surface area contributed by atoms with E-state index in [2.05, 4.69) is 4.18 Å². The Balaban J connectivity index is -0.000000360.